The molecule has 0 aromatic carbocycles. The van der Waals surface area contributed by atoms with Crippen molar-refractivity contribution >= 4 is 34.0 Å². The number of thiophene rings is 1. The van der Waals surface area contributed by atoms with Gasteiger partial charge in [0, 0.05) is 22.3 Å². The summed E-state index contributed by atoms with van der Waals surface area (Å²) >= 11 is 1.62. The quantitative estimate of drug-likeness (QED) is 0.454. The highest BCUT2D eigenvalue weighted by atomic mass is 32.1. The van der Waals surface area contributed by atoms with Crippen LogP contribution in [-0.4, -0.2) is 26.6 Å². The Bertz CT molecular complexity index is 1410. The second-order valence-corrected chi connectivity index (χ2v) is 8.17. The van der Waals surface area contributed by atoms with Crippen molar-refractivity contribution in [3.8, 4) is 23.0 Å². The second kappa shape index (κ2) is 8.10. The lowest BCUT2D eigenvalue weighted by Gasteiger charge is -2.07. The van der Waals surface area contributed by atoms with Crippen LogP contribution in [0.2, 0.25) is 0 Å². The molecular formula is C23H20N6OS. The molecule has 0 radical (unpaired) electrons. The Morgan fingerprint density at radius 1 is 1.29 bits per heavy atom. The number of rotatable bonds is 5. The maximum atomic E-state index is 9.80. The van der Waals surface area contributed by atoms with Crippen molar-refractivity contribution in [2.24, 2.45) is 0 Å². The van der Waals surface area contributed by atoms with Crippen LogP contribution in [0.25, 0.3) is 27.7 Å². The van der Waals surface area contributed by atoms with Gasteiger partial charge >= 0.3 is 0 Å². The minimum absolute atomic E-state index is 0.413. The number of nitrogens with one attached hydrogen (secondary N) is 1. The number of pyridine rings is 1. The number of H-pyrrole nitrogens is 1. The molecule has 0 saturated heterocycles. The van der Waals surface area contributed by atoms with Gasteiger partial charge in [-0.15, -0.1) is 11.3 Å². The Hall–Kier alpha value is -3.88. The van der Waals surface area contributed by atoms with E-state index in [9.17, 15) is 10.5 Å². The van der Waals surface area contributed by atoms with Crippen molar-refractivity contribution in [1.29, 1.82) is 10.5 Å². The van der Waals surface area contributed by atoms with Gasteiger partial charge in [-0.05, 0) is 44.0 Å². The van der Waals surface area contributed by atoms with Crippen molar-refractivity contribution in [3.05, 3.63) is 57.6 Å². The number of allylic oxidation sites excluding steroid dienone is 1. The zero-order valence-electron chi connectivity index (χ0n) is 17.6. The number of hydrogen-bond donors (Lipinski definition) is 1. The van der Waals surface area contributed by atoms with E-state index >= 15 is 0 Å². The van der Waals surface area contributed by atoms with Crippen molar-refractivity contribution in [2.75, 3.05) is 7.11 Å². The van der Waals surface area contributed by atoms with Gasteiger partial charge in [-0.1, -0.05) is 6.92 Å². The van der Waals surface area contributed by atoms with E-state index < -0.39 is 0 Å². The molecule has 7 nitrogen and oxygen atoms in total. The first-order chi connectivity index (χ1) is 15.0. The van der Waals surface area contributed by atoms with Gasteiger partial charge in [-0.3, -0.25) is 0 Å². The van der Waals surface area contributed by atoms with Crippen LogP contribution in [0, 0.1) is 36.5 Å². The number of imidazole rings is 1. The van der Waals surface area contributed by atoms with Crippen molar-refractivity contribution in [2.45, 2.75) is 27.2 Å². The number of methoxy groups -OCH3 is 1. The van der Waals surface area contributed by atoms with E-state index in [1.807, 2.05) is 32.1 Å². The molecule has 4 aromatic rings. The van der Waals surface area contributed by atoms with E-state index in [0.717, 1.165) is 33.9 Å². The fraction of sp³-hybridized carbons (Fsp3) is 0.217. The summed E-state index contributed by atoms with van der Waals surface area (Å²) in [4.78, 5) is 13.0. The summed E-state index contributed by atoms with van der Waals surface area (Å²) in [6.45, 7) is 6.08. The van der Waals surface area contributed by atoms with E-state index in [-0.39, 0.29) is 0 Å². The lowest BCUT2D eigenvalue weighted by Crippen LogP contribution is -1.98. The lowest BCUT2D eigenvalue weighted by atomic mass is 10.1. The Kier molecular flexibility index (Phi) is 5.33. The molecule has 1 N–H and O–H groups in total. The standard InChI is InChI=1S/C23H20N6OS/c1-5-18-8-17(11-25)23(31-18)29-13(2)6-15(14(29)3)7-16(10-24)22-27-19-9-21(30-4)26-12-20(19)28-22/h6-9,12H,5H2,1-4H3,(H,27,28)/b16-7+. The van der Waals surface area contributed by atoms with Gasteiger partial charge in [0.05, 0.1) is 35.5 Å². The third kappa shape index (κ3) is 3.58. The van der Waals surface area contributed by atoms with Crippen LogP contribution in [0.5, 0.6) is 5.88 Å². The molecule has 0 bridgehead atoms. The van der Waals surface area contributed by atoms with Gasteiger partial charge in [0.15, 0.2) is 0 Å². The fourth-order valence-corrected chi connectivity index (χ4v) is 4.69. The van der Waals surface area contributed by atoms with E-state index in [1.54, 1.807) is 30.7 Å². The van der Waals surface area contributed by atoms with Gasteiger partial charge in [-0.2, -0.15) is 10.5 Å². The Labute approximate surface area is 183 Å². The Morgan fingerprint density at radius 3 is 2.77 bits per heavy atom. The molecule has 154 valence electrons. The number of aromatic amines is 1. The van der Waals surface area contributed by atoms with E-state index in [2.05, 4.69) is 38.6 Å². The first-order valence-electron chi connectivity index (χ1n) is 9.73. The van der Waals surface area contributed by atoms with Crippen LogP contribution < -0.4 is 4.74 Å². The van der Waals surface area contributed by atoms with Gasteiger partial charge in [0.1, 0.15) is 23.0 Å². The topological polar surface area (TPSA) is 103 Å². The molecule has 8 heteroatoms. The fourth-order valence-electron chi connectivity index (χ4n) is 3.54. The lowest BCUT2D eigenvalue weighted by molar-refractivity contribution is 0.398. The van der Waals surface area contributed by atoms with E-state index in [4.69, 9.17) is 4.74 Å². The third-order valence-electron chi connectivity index (χ3n) is 5.13. The van der Waals surface area contributed by atoms with Crippen LogP contribution in [0.4, 0.5) is 0 Å². The smallest absolute Gasteiger partial charge is 0.215 e. The van der Waals surface area contributed by atoms with Gasteiger partial charge in [0.2, 0.25) is 5.88 Å². The first-order valence-corrected chi connectivity index (χ1v) is 10.5. The highest BCUT2D eigenvalue weighted by molar-refractivity contribution is 7.14. The molecule has 0 aliphatic heterocycles. The van der Waals surface area contributed by atoms with Crippen LogP contribution >= 0.6 is 11.3 Å². The molecule has 4 aromatic heterocycles. The molecule has 4 rings (SSSR count). The average molecular weight is 429 g/mol. The van der Waals surface area contributed by atoms with Gasteiger partial charge in [-0.25, -0.2) is 9.97 Å². The molecule has 0 aliphatic carbocycles. The Morgan fingerprint density at radius 2 is 2.10 bits per heavy atom. The summed E-state index contributed by atoms with van der Waals surface area (Å²) in [6, 6.07) is 10.2. The average Bonchev–Trinajstić information content (AvgIpc) is 3.46. The summed E-state index contributed by atoms with van der Waals surface area (Å²) in [5, 5.41) is 20.3. The molecule has 31 heavy (non-hydrogen) atoms. The molecule has 0 spiro atoms. The molecule has 4 heterocycles. The maximum absolute atomic E-state index is 9.80. The molecule has 0 saturated carbocycles. The molecule has 0 fully saturated rings. The van der Waals surface area contributed by atoms with Crippen LogP contribution in [0.3, 0.4) is 0 Å². The minimum Gasteiger partial charge on any atom is -0.481 e. The largest absolute Gasteiger partial charge is 0.481 e. The minimum atomic E-state index is 0.413. The van der Waals surface area contributed by atoms with Crippen molar-refractivity contribution in [3.63, 3.8) is 0 Å². The van der Waals surface area contributed by atoms with Crippen molar-refractivity contribution < 1.29 is 4.74 Å². The summed E-state index contributed by atoms with van der Waals surface area (Å²) in [5.41, 5.74) is 5.35. The summed E-state index contributed by atoms with van der Waals surface area (Å²) in [5.74, 6) is 0.937. The zero-order valence-corrected chi connectivity index (χ0v) is 18.5. The Balaban J connectivity index is 1.80. The first kappa shape index (κ1) is 20.4. The monoisotopic (exact) mass is 428 g/mol. The van der Waals surface area contributed by atoms with Gasteiger partial charge in [0.25, 0.3) is 0 Å². The summed E-state index contributed by atoms with van der Waals surface area (Å²) in [7, 11) is 1.55. The summed E-state index contributed by atoms with van der Waals surface area (Å²) in [6.07, 6.45) is 4.34. The van der Waals surface area contributed by atoms with E-state index in [1.165, 1.54) is 4.88 Å². The second-order valence-electron chi connectivity index (χ2n) is 7.06. The predicted molar refractivity (Wildman–Crippen MR) is 121 cm³/mol. The predicted octanol–water partition coefficient (Wildman–Crippen LogP) is 4.93. The maximum Gasteiger partial charge on any atom is 0.215 e. The summed E-state index contributed by atoms with van der Waals surface area (Å²) < 4.78 is 7.23. The van der Waals surface area contributed by atoms with Crippen LogP contribution in [0.1, 0.15) is 40.1 Å². The third-order valence-corrected chi connectivity index (χ3v) is 6.40. The highest BCUT2D eigenvalue weighted by Gasteiger charge is 2.17. The number of aryl methyl sites for hydroxylation is 2. The number of hydrogen-bond acceptors (Lipinski definition) is 6. The highest BCUT2D eigenvalue weighted by Crippen LogP contribution is 2.32. The number of nitrogens with zero attached hydrogens (tertiary/aromatic N) is 5. The molecular weight excluding hydrogens is 408 g/mol. The number of ether oxygens (including phenoxy) is 1. The molecule has 0 aliphatic rings. The molecule has 0 unspecified atom stereocenters. The normalized spacial score (nSPS) is 11.5. The number of nitriles is 2. The molecule has 0 atom stereocenters. The SMILES string of the molecule is CCc1cc(C#N)c(-n2c(C)cc(/C=C(\C#N)c3nc4cc(OC)ncc4[nH]3)c2C)s1. The molecule has 0 amide bonds. The van der Waals surface area contributed by atoms with Crippen molar-refractivity contribution in [1.82, 2.24) is 19.5 Å². The van der Waals surface area contributed by atoms with Gasteiger partial charge < -0.3 is 14.3 Å². The van der Waals surface area contributed by atoms with E-state index in [0.29, 0.717) is 28.4 Å². The van der Waals surface area contributed by atoms with Crippen LogP contribution in [0.15, 0.2) is 24.4 Å². The number of aromatic nitrogens is 4. The number of fused-ring (bicyclic) bond motifs is 1. The van der Waals surface area contributed by atoms with Crippen LogP contribution in [-0.2, 0) is 6.42 Å². The zero-order chi connectivity index (χ0) is 22.1.